The van der Waals surface area contributed by atoms with E-state index in [9.17, 15) is 13.2 Å². The molecule has 0 unspecified atom stereocenters. The van der Waals surface area contributed by atoms with Gasteiger partial charge in [0.25, 0.3) is 5.56 Å². The summed E-state index contributed by atoms with van der Waals surface area (Å²) in [5, 5.41) is 2.87. The van der Waals surface area contributed by atoms with Gasteiger partial charge in [0.2, 0.25) is 16.0 Å². The molecular formula is C15H18N4O3S. The van der Waals surface area contributed by atoms with E-state index < -0.39 is 10.0 Å². The van der Waals surface area contributed by atoms with Crippen LogP contribution in [-0.4, -0.2) is 35.9 Å². The van der Waals surface area contributed by atoms with Gasteiger partial charge in [-0.05, 0) is 12.1 Å². The van der Waals surface area contributed by atoms with Crippen LogP contribution in [0, 0.1) is 0 Å². The lowest BCUT2D eigenvalue weighted by Crippen LogP contribution is -2.41. The predicted octanol–water partition coefficient (Wildman–Crippen LogP) is 0.569. The Morgan fingerprint density at radius 2 is 1.91 bits per heavy atom. The molecule has 1 N–H and O–H groups in total. The minimum atomic E-state index is -3.61. The van der Waals surface area contributed by atoms with Crippen molar-refractivity contribution in [3.05, 3.63) is 51.9 Å². The van der Waals surface area contributed by atoms with Gasteiger partial charge in [-0.2, -0.15) is 4.31 Å². The smallest absolute Gasteiger partial charge is 0.259 e. The number of anilines is 1. The molecule has 3 rings (SSSR count). The summed E-state index contributed by atoms with van der Waals surface area (Å²) in [4.78, 5) is 17.1. The van der Waals surface area contributed by atoms with E-state index in [-0.39, 0.29) is 17.0 Å². The molecule has 8 heteroatoms. The number of fused-ring (bicyclic) bond motifs is 1. The predicted molar refractivity (Wildman–Crippen MR) is 86.8 cm³/mol. The zero-order chi connectivity index (χ0) is 16.6. The summed E-state index contributed by atoms with van der Waals surface area (Å²) in [7, 11) is -0.294. The highest BCUT2D eigenvalue weighted by atomic mass is 32.2. The maximum atomic E-state index is 12.7. The number of benzene rings is 1. The lowest BCUT2D eigenvalue weighted by atomic mass is 10.1. The molecule has 0 amide bonds. The number of nitrogens with zero attached hydrogens (tertiary/aromatic N) is 3. The average molecular weight is 334 g/mol. The molecule has 1 aromatic carbocycles. The number of aromatic nitrogens is 2. The summed E-state index contributed by atoms with van der Waals surface area (Å²) in [6.45, 7) is 0.365. The molecule has 2 aromatic rings. The van der Waals surface area contributed by atoms with Crippen molar-refractivity contribution in [2.24, 2.45) is 7.05 Å². The van der Waals surface area contributed by atoms with Crippen molar-refractivity contribution in [3.63, 3.8) is 0 Å². The minimum Gasteiger partial charge on any atom is -0.359 e. The fourth-order valence-corrected chi connectivity index (χ4v) is 4.14. The Balaban J connectivity index is 2.01. The second kappa shape index (κ2) is 5.78. The zero-order valence-electron chi connectivity index (χ0n) is 13.0. The van der Waals surface area contributed by atoms with Crippen LogP contribution in [-0.2, 0) is 30.0 Å². The maximum absolute atomic E-state index is 12.7. The highest BCUT2D eigenvalue weighted by molar-refractivity contribution is 7.89. The monoisotopic (exact) mass is 334 g/mol. The fraction of sp³-hybridized carbons (Fsp3) is 0.333. The molecule has 0 atom stereocenters. The van der Waals surface area contributed by atoms with Gasteiger partial charge < -0.3 is 5.32 Å². The van der Waals surface area contributed by atoms with Crippen molar-refractivity contribution < 1.29 is 8.42 Å². The van der Waals surface area contributed by atoms with Gasteiger partial charge in [0.15, 0.2) is 0 Å². The minimum absolute atomic E-state index is 0.0518. The second-order valence-electron chi connectivity index (χ2n) is 5.38. The highest BCUT2D eigenvalue weighted by Gasteiger charge is 2.31. The summed E-state index contributed by atoms with van der Waals surface area (Å²) in [5.74, 6) is 0.480. The van der Waals surface area contributed by atoms with Crippen LogP contribution in [0.2, 0.25) is 0 Å². The molecule has 23 heavy (non-hydrogen) atoms. The van der Waals surface area contributed by atoms with E-state index in [1.807, 2.05) is 0 Å². The summed E-state index contributed by atoms with van der Waals surface area (Å²) < 4.78 is 28.1. The Labute approximate surface area is 134 Å². The molecular weight excluding hydrogens is 316 g/mol. The van der Waals surface area contributed by atoms with Crippen molar-refractivity contribution in [2.75, 3.05) is 18.9 Å². The van der Waals surface area contributed by atoms with Crippen LogP contribution in [0.3, 0.4) is 0 Å². The van der Waals surface area contributed by atoms with Crippen LogP contribution < -0.4 is 10.9 Å². The van der Waals surface area contributed by atoms with Gasteiger partial charge >= 0.3 is 0 Å². The molecule has 122 valence electrons. The highest BCUT2D eigenvalue weighted by Crippen LogP contribution is 2.22. The van der Waals surface area contributed by atoms with Crippen LogP contribution in [0.15, 0.2) is 40.0 Å². The first kappa shape index (κ1) is 15.7. The van der Waals surface area contributed by atoms with Crippen molar-refractivity contribution in [2.45, 2.75) is 17.9 Å². The van der Waals surface area contributed by atoms with Gasteiger partial charge in [0.1, 0.15) is 0 Å². The first-order chi connectivity index (χ1) is 10.9. The lowest BCUT2D eigenvalue weighted by molar-refractivity contribution is 0.383. The molecule has 0 radical (unpaired) electrons. The van der Waals surface area contributed by atoms with Gasteiger partial charge in [-0.25, -0.2) is 13.4 Å². The van der Waals surface area contributed by atoms with E-state index in [4.69, 9.17) is 0 Å². The molecule has 0 spiro atoms. The first-order valence-electron chi connectivity index (χ1n) is 7.27. The van der Waals surface area contributed by atoms with Crippen molar-refractivity contribution in [1.82, 2.24) is 13.9 Å². The van der Waals surface area contributed by atoms with Crippen LogP contribution in [0.4, 0.5) is 5.95 Å². The fourth-order valence-electron chi connectivity index (χ4n) is 2.71. The van der Waals surface area contributed by atoms with E-state index in [2.05, 4.69) is 10.3 Å². The Kier molecular flexibility index (Phi) is 3.95. The summed E-state index contributed by atoms with van der Waals surface area (Å²) in [6.07, 6.45) is 0.423. The van der Waals surface area contributed by atoms with Crippen molar-refractivity contribution in [1.29, 1.82) is 0 Å². The average Bonchev–Trinajstić information content (AvgIpc) is 2.58. The Bertz CT molecular complexity index is 891. The first-order valence-corrected chi connectivity index (χ1v) is 8.71. The molecule has 0 aliphatic carbocycles. The van der Waals surface area contributed by atoms with E-state index in [1.165, 1.54) is 8.87 Å². The van der Waals surface area contributed by atoms with Crippen LogP contribution in [0.5, 0.6) is 0 Å². The van der Waals surface area contributed by atoms with Gasteiger partial charge in [-0.1, -0.05) is 18.2 Å². The van der Waals surface area contributed by atoms with E-state index >= 15 is 0 Å². The summed E-state index contributed by atoms with van der Waals surface area (Å²) in [5.41, 5.74) is 0.890. The van der Waals surface area contributed by atoms with Crippen LogP contribution >= 0.6 is 0 Å². The molecule has 0 bridgehead atoms. The normalized spacial score (nSPS) is 15.2. The molecule has 1 aliphatic rings. The standard InChI is InChI=1S/C15H18N4O3S/c1-16-15-17-13-8-9-19(10-12(13)14(20)18(15)2)23(21,22)11-6-4-3-5-7-11/h3-7H,8-10H2,1-2H3,(H,16,17). The number of sulfonamides is 1. The number of hydrogen-bond donors (Lipinski definition) is 1. The van der Waals surface area contributed by atoms with E-state index in [1.54, 1.807) is 44.4 Å². The molecule has 1 aromatic heterocycles. The molecule has 7 nitrogen and oxygen atoms in total. The third kappa shape index (κ3) is 2.64. The number of nitrogens with one attached hydrogen (secondary N) is 1. The van der Waals surface area contributed by atoms with E-state index in [0.29, 0.717) is 30.2 Å². The molecule has 0 saturated heterocycles. The Morgan fingerprint density at radius 3 is 2.57 bits per heavy atom. The zero-order valence-corrected chi connectivity index (χ0v) is 13.8. The summed E-state index contributed by atoms with van der Waals surface area (Å²) >= 11 is 0. The van der Waals surface area contributed by atoms with Crippen LogP contribution in [0.25, 0.3) is 0 Å². The van der Waals surface area contributed by atoms with Crippen molar-refractivity contribution in [3.8, 4) is 0 Å². The third-order valence-electron chi connectivity index (χ3n) is 4.01. The second-order valence-corrected chi connectivity index (χ2v) is 7.31. The molecule has 1 aliphatic heterocycles. The molecule has 0 saturated carbocycles. The lowest BCUT2D eigenvalue weighted by Gasteiger charge is -2.27. The topological polar surface area (TPSA) is 84.3 Å². The summed E-state index contributed by atoms with van der Waals surface area (Å²) in [6, 6.07) is 8.26. The Hall–Kier alpha value is -2.19. The van der Waals surface area contributed by atoms with Gasteiger partial charge in [0.05, 0.1) is 16.2 Å². The quantitative estimate of drug-likeness (QED) is 0.887. The number of rotatable bonds is 3. The number of hydrogen-bond acceptors (Lipinski definition) is 5. The SMILES string of the molecule is CNc1nc2c(c(=O)n1C)CN(S(=O)(=O)c1ccccc1)CC2. The largest absolute Gasteiger partial charge is 0.359 e. The van der Waals surface area contributed by atoms with E-state index in [0.717, 1.165) is 0 Å². The molecule has 2 heterocycles. The maximum Gasteiger partial charge on any atom is 0.259 e. The van der Waals surface area contributed by atoms with Crippen LogP contribution in [0.1, 0.15) is 11.3 Å². The van der Waals surface area contributed by atoms with Gasteiger partial charge in [0, 0.05) is 33.6 Å². The Morgan fingerprint density at radius 1 is 1.22 bits per heavy atom. The van der Waals surface area contributed by atoms with Gasteiger partial charge in [-0.3, -0.25) is 9.36 Å². The molecule has 0 fully saturated rings. The van der Waals surface area contributed by atoms with Gasteiger partial charge in [-0.15, -0.1) is 0 Å². The van der Waals surface area contributed by atoms with Crippen molar-refractivity contribution >= 4 is 16.0 Å². The third-order valence-corrected chi connectivity index (χ3v) is 5.87.